The first-order valence-electron chi connectivity index (χ1n) is 9.12. The number of pyridine rings is 1. The molecule has 6 nitrogen and oxygen atoms in total. The Morgan fingerprint density at radius 3 is 2.90 bits per heavy atom. The number of allylic oxidation sites excluding steroid dienone is 1. The van der Waals surface area contributed by atoms with Gasteiger partial charge >= 0.3 is 0 Å². The highest BCUT2D eigenvalue weighted by molar-refractivity contribution is 6.20. The number of aromatic nitrogens is 3. The second-order valence-electron chi connectivity index (χ2n) is 6.84. The van der Waals surface area contributed by atoms with Gasteiger partial charge in [0.2, 0.25) is 11.8 Å². The molecule has 0 fully saturated rings. The molecule has 0 saturated heterocycles. The summed E-state index contributed by atoms with van der Waals surface area (Å²) in [5, 5.41) is 13.7. The maximum atomic E-state index is 10.3. The lowest BCUT2D eigenvalue weighted by atomic mass is 9.88. The van der Waals surface area contributed by atoms with Gasteiger partial charge in [-0.15, -0.1) is 24.8 Å². The van der Waals surface area contributed by atoms with Crippen molar-refractivity contribution in [3.8, 4) is 5.88 Å². The lowest BCUT2D eigenvalue weighted by Crippen LogP contribution is -2.17. The number of rotatable bonds is 3. The molecule has 3 N–H and O–H groups in total. The van der Waals surface area contributed by atoms with Gasteiger partial charge in [0, 0.05) is 23.5 Å². The van der Waals surface area contributed by atoms with Gasteiger partial charge in [-0.2, -0.15) is 4.98 Å². The van der Waals surface area contributed by atoms with Crippen molar-refractivity contribution >= 4 is 54.4 Å². The summed E-state index contributed by atoms with van der Waals surface area (Å²) in [7, 11) is 0. The molecule has 2 aromatic heterocycles. The van der Waals surface area contributed by atoms with Gasteiger partial charge in [0.25, 0.3) is 0 Å². The van der Waals surface area contributed by atoms with Crippen molar-refractivity contribution in [2.24, 2.45) is 4.99 Å². The third-order valence-corrected chi connectivity index (χ3v) is 5.12. The van der Waals surface area contributed by atoms with E-state index in [1.54, 1.807) is 12.4 Å². The van der Waals surface area contributed by atoms with Gasteiger partial charge in [-0.25, -0.2) is 9.98 Å². The summed E-state index contributed by atoms with van der Waals surface area (Å²) < 4.78 is 0. The van der Waals surface area contributed by atoms with Gasteiger partial charge in [0.15, 0.2) is 5.82 Å². The molecule has 5 rings (SSSR count). The predicted octanol–water partition coefficient (Wildman–Crippen LogP) is 5.10. The van der Waals surface area contributed by atoms with E-state index in [-0.39, 0.29) is 36.7 Å². The summed E-state index contributed by atoms with van der Waals surface area (Å²) in [5.41, 5.74) is 5.08. The van der Waals surface area contributed by atoms with E-state index in [9.17, 15) is 5.11 Å². The standard InChI is InChI=1S/C21H19N5O.2ClH/c27-20-18(11-14-12-23-19-16(14)8-4-10-22-19)25-21(26-20)24-17-9-3-6-13-5-1-2-7-15(13)17;;/h1-2,4-5,7-8,10-12,17,27H,3,6,9H2,(H2,24,25,26);2*1H/b14-11+;;. The molecule has 0 amide bonds. The zero-order chi connectivity index (χ0) is 18.2. The van der Waals surface area contributed by atoms with Crippen molar-refractivity contribution in [3.05, 3.63) is 65.0 Å². The minimum Gasteiger partial charge on any atom is -0.492 e. The molecule has 0 bridgehead atoms. The molecule has 0 radical (unpaired) electrons. The smallest absolute Gasteiger partial charge is 0.238 e. The Labute approximate surface area is 181 Å². The van der Waals surface area contributed by atoms with Gasteiger partial charge in [0.05, 0.1) is 6.04 Å². The van der Waals surface area contributed by atoms with Crippen molar-refractivity contribution < 1.29 is 5.11 Å². The molecule has 0 saturated carbocycles. The number of halogens is 2. The molecular weight excluding hydrogens is 409 g/mol. The van der Waals surface area contributed by atoms with Gasteiger partial charge < -0.3 is 15.4 Å². The molecule has 3 heterocycles. The molecule has 1 unspecified atom stereocenters. The number of hydrogen-bond donors (Lipinski definition) is 3. The normalized spacial score (nSPS) is 17.8. The summed E-state index contributed by atoms with van der Waals surface area (Å²) in [6.07, 6.45) is 8.61. The number of fused-ring (bicyclic) bond motifs is 2. The van der Waals surface area contributed by atoms with E-state index in [1.165, 1.54) is 11.1 Å². The summed E-state index contributed by atoms with van der Waals surface area (Å²) >= 11 is 0. The van der Waals surface area contributed by atoms with Crippen LogP contribution in [0.2, 0.25) is 0 Å². The minimum atomic E-state index is -0.0279. The molecular formula is C21H21Cl2N5O. The van der Waals surface area contributed by atoms with Crippen LogP contribution in [-0.4, -0.2) is 26.3 Å². The predicted molar refractivity (Wildman–Crippen MR) is 121 cm³/mol. The number of aromatic hydroxyl groups is 1. The van der Waals surface area contributed by atoms with E-state index < -0.39 is 0 Å². The fraction of sp³-hybridized carbons (Fsp3) is 0.190. The molecule has 3 aromatic rings. The SMILES string of the molecule is Cl.Cl.Oc1nc(NC2CCCc3ccccc32)[nH]c1/C=C1\C=Nc2ncccc21. The number of aliphatic imine (C=N–C) groups is 1. The fourth-order valence-corrected chi connectivity index (χ4v) is 3.81. The largest absolute Gasteiger partial charge is 0.492 e. The van der Waals surface area contributed by atoms with Crippen molar-refractivity contribution in [2.75, 3.05) is 5.32 Å². The van der Waals surface area contributed by atoms with E-state index in [0.29, 0.717) is 17.5 Å². The van der Waals surface area contributed by atoms with Crippen LogP contribution < -0.4 is 5.32 Å². The first-order valence-corrected chi connectivity index (χ1v) is 9.12. The van der Waals surface area contributed by atoms with Crippen molar-refractivity contribution in [3.63, 3.8) is 0 Å². The maximum Gasteiger partial charge on any atom is 0.238 e. The van der Waals surface area contributed by atoms with Crippen LogP contribution in [0, 0.1) is 0 Å². The summed E-state index contributed by atoms with van der Waals surface area (Å²) in [6.45, 7) is 0. The van der Waals surface area contributed by atoms with Crippen LogP contribution >= 0.6 is 24.8 Å². The van der Waals surface area contributed by atoms with Crippen LogP contribution in [0.1, 0.15) is 41.3 Å². The molecule has 150 valence electrons. The monoisotopic (exact) mass is 429 g/mol. The number of nitrogens with zero attached hydrogens (tertiary/aromatic N) is 3. The van der Waals surface area contributed by atoms with Crippen molar-refractivity contribution in [1.29, 1.82) is 0 Å². The molecule has 1 aromatic carbocycles. The summed E-state index contributed by atoms with van der Waals surface area (Å²) in [4.78, 5) is 16.0. The van der Waals surface area contributed by atoms with E-state index in [0.717, 1.165) is 30.4 Å². The number of nitrogens with one attached hydrogen (secondary N) is 2. The molecule has 29 heavy (non-hydrogen) atoms. The Hall–Kier alpha value is -2.83. The zero-order valence-electron chi connectivity index (χ0n) is 15.5. The number of aryl methyl sites for hydroxylation is 1. The Morgan fingerprint density at radius 1 is 1.14 bits per heavy atom. The third-order valence-electron chi connectivity index (χ3n) is 5.12. The lowest BCUT2D eigenvalue weighted by molar-refractivity contribution is 0.455. The molecule has 8 heteroatoms. The zero-order valence-corrected chi connectivity index (χ0v) is 17.1. The second-order valence-corrected chi connectivity index (χ2v) is 6.84. The number of anilines is 1. The average molecular weight is 430 g/mol. The first kappa shape index (κ1) is 20.9. The van der Waals surface area contributed by atoms with Crippen molar-refractivity contribution in [1.82, 2.24) is 15.0 Å². The molecule has 1 aliphatic carbocycles. The Morgan fingerprint density at radius 2 is 2.00 bits per heavy atom. The Kier molecular flexibility index (Phi) is 6.25. The number of benzene rings is 1. The van der Waals surface area contributed by atoms with Crippen LogP contribution in [-0.2, 0) is 6.42 Å². The van der Waals surface area contributed by atoms with E-state index in [2.05, 4.69) is 49.5 Å². The van der Waals surface area contributed by atoms with Crippen LogP contribution in [0.25, 0.3) is 11.6 Å². The lowest BCUT2D eigenvalue weighted by Gasteiger charge is -2.26. The average Bonchev–Trinajstić information content (AvgIpc) is 3.26. The number of H-pyrrole nitrogens is 1. The fourth-order valence-electron chi connectivity index (χ4n) is 3.81. The molecule has 1 aliphatic heterocycles. The maximum absolute atomic E-state index is 10.3. The van der Waals surface area contributed by atoms with Gasteiger partial charge in [-0.3, -0.25) is 0 Å². The van der Waals surface area contributed by atoms with Gasteiger partial charge in [-0.1, -0.05) is 24.3 Å². The summed E-state index contributed by atoms with van der Waals surface area (Å²) in [6, 6.07) is 12.5. The van der Waals surface area contributed by atoms with Crippen molar-refractivity contribution in [2.45, 2.75) is 25.3 Å². The second kappa shape index (κ2) is 8.68. The van der Waals surface area contributed by atoms with E-state index >= 15 is 0 Å². The number of imidazole rings is 1. The van der Waals surface area contributed by atoms with Gasteiger partial charge in [0.1, 0.15) is 5.69 Å². The highest BCUT2D eigenvalue weighted by Crippen LogP contribution is 2.34. The molecule has 2 aliphatic rings. The minimum absolute atomic E-state index is 0. The third kappa shape index (κ3) is 3.99. The van der Waals surface area contributed by atoms with Crippen LogP contribution in [0.15, 0.2) is 47.6 Å². The Balaban J connectivity index is 0.00000120. The van der Waals surface area contributed by atoms with Crippen LogP contribution in [0.5, 0.6) is 5.88 Å². The van der Waals surface area contributed by atoms with Crippen LogP contribution in [0.4, 0.5) is 11.8 Å². The van der Waals surface area contributed by atoms with Gasteiger partial charge in [-0.05, 0) is 48.6 Å². The van der Waals surface area contributed by atoms with Crippen LogP contribution in [0.3, 0.4) is 0 Å². The molecule has 1 atom stereocenters. The quantitative estimate of drug-likeness (QED) is 0.540. The Bertz CT molecular complexity index is 1080. The number of aromatic amines is 1. The van der Waals surface area contributed by atoms with E-state index in [1.807, 2.05) is 18.2 Å². The first-order chi connectivity index (χ1) is 13.3. The van der Waals surface area contributed by atoms with E-state index in [4.69, 9.17) is 0 Å². The highest BCUT2D eigenvalue weighted by Gasteiger charge is 2.21. The topological polar surface area (TPSA) is 86.2 Å². The number of hydrogen-bond acceptors (Lipinski definition) is 5. The summed E-state index contributed by atoms with van der Waals surface area (Å²) in [5.74, 6) is 1.24. The highest BCUT2D eigenvalue weighted by atomic mass is 35.5. The molecule has 0 spiro atoms.